The molecule has 0 spiro atoms. The molecule has 4 heteroatoms. The van der Waals surface area contributed by atoms with Crippen LogP contribution in [0.15, 0.2) is 16.9 Å². The molecule has 0 radical (unpaired) electrons. The van der Waals surface area contributed by atoms with Gasteiger partial charge in [0.1, 0.15) is 0 Å². The number of pyridine rings is 1. The maximum Gasteiger partial charge on any atom is 0.253 e. The maximum absolute atomic E-state index is 11.3. The van der Waals surface area contributed by atoms with Crippen molar-refractivity contribution < 1.29 is 5.11 Å². The first kappa shape index (κ1) is 9.80. The van der Waals surface area contributed by atoms with Crippen molar-refractivity contribution in [2.24, 2.45) is 0 Å². The van der Waals surface area contributed by atoms with Gasteiger partial charge in [-0.3, -0.25) is 9.36 Å². The van der Waals surface area contributed by atoms with Gasteiger partial charge in [0.25, 0.3) is 5.56 Å². The third kappa shape index (κ3) is 2.32. The number of aromatic hydroxyl groups is 1. The smallest absolute Gasteiger partial charge is 0.253 e. The molecule has 0 aromatic carbocycles. The van der Waals surface area contributed by atoms with Gasteiger partial charge in [0, 0.05) is 25.2 Å². The molecule has 13 heavy (non-hydrogen) atoms. The molecule has 72 valence electrons. The number of aryl methyl sites for hydroxylation is 1. The molecule has 1 aromatic rings. The van der Waals surface area contributed by atoms with Gasteiger partial charge in [-0.05, 0) is 19.5 Å². The van der Waals surface area contributed by atoms with Gasteiger partial charge in [-0.2, -0.15) is 0 Å². The second-order valence-electron chi connectivity index (χ2n) is 2.98. The monoisotopic (exact) mass is 182 g/mol. The molecule has 2 N–H and O–H groups in total. The van der Waals surface area contributed by atoms with Crippen LogP contribution in [-0.4, -0.2) is 23.3 Å². The molecule has 0 unspecified atom stereocenters. The quantitative estimate of drug-likeness (QED) is 0.696. The van der Waals surface area contributed by atoms with Crippen molar-refractivity contribution in [1.82, 2.24) is 9.88 Å². The van der Waals surface area contributed by atoms with Crippen LogP contribution in [0.4, 0.5) is 0 Å². The van der Waals surface area contributed by atoms with E-state index in [1.165, 1.54) is 10.6 Å². The molecule has 1 heterocycles. The second kappa shape index (κ2) is 4.09. The van der Waals surface area contributed by atoms with E-state index < -0.39 is 0 Å². The van der Waals surface area contributed by atoms with Crippen molar-refractivity contribution in [3.05, 3.63) is 28.0 Å². The average Bonchev–Trinajstić information content (AvgIpc) is 2.02. The molecule has 0 aliphatic carbocycles. The third-order valence-electron chi connectivity index (χ3n) is 1.84. The fourth-order valence-electron chi connectivity index (χ4n) is 1.16. The highest BCUT2D eigenvalue weighted by Crippen LogP contribution is 2.06. The molecule has 0 bridgehead atoms. The highest BCUT2D eigenvalue weighted by molar-refractivity contribution is 5.19. The zero-order valence-electron chi connectivity index (χ0n) is 7.87. The van der Waals surface area contributed by atoms with Gasteiger partial charge in [-0.15, -0.1) is 0 Å². The Morgan fingerprint density at radius 1 is 1.54 bits per heavy atom. The Hall–Kier alpha value is -1.29. The summed E-state index contributed by atoms with van der Waals surface area (Å²) in [5.41, 5.74) is 0.621. The van der Waals surface area contributed by atoms with Crippen LogP contribution in [0.25, 0.3) is 0 Å². The van der Waals surface area contributed by atoms with E-state index in [0.717, 1.165) is 5.56 Å². The summed E-state index contributed by atoms with van der Waals surface area (Å²) in [6.07, 6.45) is 0. The summed E-state index contributed by atoms with van der Waals surface area (Å²) < 4.78 is 1.34. The van der Waals surface area contributed by atoms with E-state index in [4.69, 9.17) is 0 Å². The highest BCUT2D eigenvalue weighted by atomic mass is 16.3. The van der Waals surface area contributed by atoms with Crippen molar-refractivity contribution in [3.63, 3.8) is 0 Å². The topological polar surface area (TPSA) is 54.3 Å². The minimum absolute atomic E-state index is 0.0280. The first-order valence-corrected chi connectivity index (χ1v) is 4.20. The van der Waals surface area contributed by atoms with E-state index in [1.807, 2.05) is 0 Å². The van der Waals surface area contributed by atoms with Crippen LogP contribution in [0.3, 0.4) is 0 Å². The van der Waals surface area contributed by atoms with Crippen LogP contribution >= 0.6 is 0 Å². The zero-order chi connectivity index (χ0) is 9.84. The van der Waals surface area contributed by atoms with Crippen LogP contribution in [0.5, 0.6) is 5.88 Å². The van der Waals surface area contributed by atoms with Crippen LogP contribution in [0.1, 0.15) is 5.56 Å². The molecule has 1 aromatic heterocycles. The van der Waals surface area contributed by atoms with Gasteiger partial charge in [-0.1, -0.05) is 0 Å². The van der Waals surface area contributed by atoms with Crippen molar-refractivity contribution in [2.75, 3.05) is 13.6 Å². The lowest BCUT2D eigenvalue weighted by Gasteiger charge is -2.07. The summed E-state index contributed by atoms with van der Waals surface area (Å²) in [6.45, 7) is 2.93. The van der Waals surface area contributed by atoms with E-state index in [-0.39, 0.29) is 11.4 Å². The minimum Gasteiger partial charge on any atom is -0.494 e. The van der Waals surface area contributed by atoms with Crippen molar-refractivity contribution in [1.29, 1.82) is 0 Å². The Bertz CT molecular complexity index is 344. The molecule has 0 saturated heterocycles. The van der Waals surface area contributed by atoms with Crippen LogP contribution in [-0.2, 0) is 6.54 Å². The highest BCUT2D eigenvalue weighted by Gasteiger charge is 2.01. The molecule has 0 aliphatic heterocycles. The first-order chi connectivity index (χ1) is 6.15. The SMILES string of the molecule is CNCCn1c(O)cc(C)cc1=O. The predicted molar refractivity (Wildman–Crippen MR) is 51.0 cm³/mol. The summed E-state index contributed by atoms with van der Waals surface area (Å²) in [5.74, 6) is 0.0280. The van der Waals surface area contributed by atoms with Gasteiger partial charge in [0.05, 0.1) is 0 Å². The normalized spacial score (nSPS) is 10.3. The fourth-order valence-corrected chi connectivity index (χ4v) is 1.16. The lowest BCUT2D eigenvalue weighted by molar-refractivity contribution is 0.404. The predicted octanol–water partition coefficient (Wildman–Crippen LogP) is 0.0817. The number of likely N-dealkylation sites (N-methyl/N-ethyl adjacent to an activating group) is 1. The lowest BCUT2D eigenvalue weighted by Crippen LogP contribution is -2.24. The molecule has 0 aliphatic rings. The van der Waals surface area contributed by atoms with Crippen LogP contribution < -0.4 is 10.9 Å². The van der Waals surface area contributed by atoms with Crippen LogP contribution in [0, 0.1) is 6.92 Å². The van der Waals surface area contributed by atoms with E-state index in [1.54, 1.807) is 20.0 Å². The first-order valence-electron chi connectivity index (χ1n) is 4.20. The molecule has 0 saturated carbocycles. The largest absolute Gasteiger partial charge is 0.494 e. The zero-order valence-corrected chi connectivity index (χ0v) is 7.87. The Labute approximate surface area is 76.8 Å². The van der Waals surface area contributed by atoms with E-state index in [0.29, 0.717) is 13.1 Å². The van der Waals surface area contributed by atoms with Crippen molar-refractivity contribution >= 4 is 0 Å². The molecular weight excluding hydrogens is 168 g/mol. The fraction of sp³-hybridized carbons (Fsp3) is 0.444. The Morgan fingerprint density at radius 3 is 2.77 bits per heavy atom. The summed E-state index contributed by atoms with van der Waals surface area (Å²) in [7, 11) is 1.80. The van der Waals surface area contributed by atoms with Crippen LogP contribution in [0.2, 0.25) is 0 Å². The summed E-state index contributed by atoms with van der Waals surface area (Å²) in [5, 5.41) is 12.3. The van der Waals surface area contributed by atoms with Gasteiger partial charge < -0.3 is 10.4 Å². The number of nitrogens with zero attached hydrogens (tertiary/aromatic N) is 1. The molecule has 1 rings (SSSR count). The number of rotatable bonds is 3. The number of hydrogen-bond donors (Lipinski definition) is 2. The summed E-state index contributed by atoms with van der Waals surface area (Å²) in [4.78, 5) is 11.3. The maximum atomic E-state index is 11.3. The molecular formula is C9H14N2O2. The average molecular weight is 182 g/mol. The molecule has 0 atom stereocenters. The number of nitrogens with one attached hydrogen (secondary N) is 1. The van der Waals surface area contributed by atoms with Crippen molar-refractivity contribution in [3.8, 4) is 5.88 Å². The minimum atomic E-state index is -0.159. The third-order valence-corrected chi connectivity index (χ3v) is 1.84. The van der Waals surface area contributed by atoms with Crippen molar-refractivity contribution in [2.45, 2.75) is 13.5 Å². The summed E-state index contributed by atoms with van der Waals surface area (Å²) in [6, 6.07) is 3.09. The van der Waals surface area contributed by atoms with Gasteiger partial charge in [-0.25, -0.2) is 0 Å². The molecule has 0 fully saturated rings. The van der Waals surface area contributed by atoms with E-state index in [2.05, 4.69) is 5.32 Å². The van der Waals surface area contributed by atoms with Gasteiger partial charge in [0.2, 0.25) is 0 Å². The Kier molecular flexibility index (Phi) is 3.08. The molecule has 0 amide bonds. The van der Waals surface area contributed by atoms with Gasteiger partial charge in [0.15, 0.2) is 5.88 Å². The standard InChI is InChI=1S/C9H14N2O2/c1-7-5-8(12)11(4-3-10-2)9(13)6-7/h5-6,10,12H,3-4H2,1-2H3. The van der Waals surface area contributed by atoms with E-state index in [9.17, 15) is 9.90 Å². The Morgan fingerprint density at radius 2 is 2.23 bits per heavy atom. The molecule has 4 nitrogen and oxygen atoms in total. The van der Waals surface area contributed by atoms with E-state index >= 15 is 0 Å². The second-order valence-corrected chi connectivity index (χ2v) is 2.98. The number of hydrogen-bond acceptors (Lipinski definition) is 3. The number of aromatic nitrogens is 1. The summed E-state index contributed by atoms with van der Waals surface area (Å²) >= 11 is 0. The lowest BCUT2D eigenvalue weighted by atomic mass is 10.3. The van der Waals surface area contributed by atoms with Gasteiger partial charge >= 0.3 is 0 Å². The Balaban J connectivity index is 2.99.